The van der Waals surface area contributed by atoms with Crippen molar-refractivity contribution < 1.29 is 9.53 Å². The molecule has 0 radical (unpaired) electrons. The number of fused-ring (bicyclic) bond motifs is 3. The summed E-state index contributed by atoms with van der Waals surface area (Å²) in [5, 5.41) is 0. The van der Waals surface area contributed by atoms with Crippen LogP contribution in [0.25, 0.3) is 0 Å². The summed E-state index contributed by atoms with van der Waals surface area (Å²) < 4.78 is 5.49. The van der Waals surface area contributed by atoms with Crippen molar-refractivity contribution in [3.8, 4) is 0 Å². The lowest BCUT2D eigenvalue weighted by molar-refractivity contribution is -0.167. The van der Waals surface area contributed by atoms with Crippen molar-refractivity contribution >= 4 is 5.97 Å². The minimum atomic E-state index is 0.0526. The minimum Gasteiger partial charge on any atom is -0.461 e. The highest BCUT2D eigenvalue weighted by Gasteiger charge is 2.50. The van der Waals surface area contributed by atoms with E-state index >= 15 is 0 Å². The number of esters is 1. The van der Waals surface area contributed by atoms with Crippen LogP contribution in [0.15, 0.2) is 12.2 Å². The number of rotatable bonds is 0. The Morgan fingerprint density at radius 2 is 2.00 bits per heavy atom. The summed E-state index contributed by atoms with van der Waals surface area (Å²) in [6, 6.07) is 0. The maximum absolute atomic E-state index is 11.7. The predicted molar refractivity (Wildman–Crippen MR) is 52.6 cm³/mol. The molecule has 2 saturated heterocycles. The van der Waals surface area contributed by atoms with Crippen LogP contribution in [0.4, 0.5) is 0 Å². The molecule has 0 amide bonds. The normalized spacial score (nSPS) is 46.0. The van der Waals surface area contributed by atoms with Gasteiger partial charge < -0.3 is 4.74 Å². The van der Waals surface area contributed by atoms with E-state index in [4.69, 9.17) is 4.74 Å². The number of hydrogen-bond acceptors (Lipinski definition) is 2. The van der Waals surface area contributed by atoms with Crippen LogP contribution in [-0.4, -0.2) is 12.1 Å². The highest BCUT2D eigenvalue weighted by molar-refractivity contribution is 5.75. The third kappa shape index (κ3) is 1.06. The van der Waals surface area contributed by atoms with Gasteiger partial charge in [-0.2, -0.15) is 0 Å². The first-order valence-electron chi connectivity index (χ1n) is 5.63. The molecular formula is C12H16O2. The van der Waals surface area contributed by atoms with Gasteiger partial charge in [0.15, 0.2) is 0 Å². The Kier molecular flexibility index (Phi) is 1.73. The molecule has 2 bridgehead atoms. The Balaban J connectivity index is 1.99. The second kappa shape index (κ2) is 2.85. The summed E-state index contributed by atoms with van der Waals surface area (Å²) in [6.45, 7) is 4.04. The topological polar surface area (TPSA) is 26.3 Å². The van der Waals surface area contributed by atoms with E-state index < -0.39 is 0 Å². The molecule has 0 aromatic carbocycles. The van der Waals surface area contributed by atoms with Gasteiger partial charge in [-0.25, -0.2) is 0 Å². The maximum atomic E-state index is 11.7. The van der Waals surface area contributed by atoms with E-state index in [-0.39, 0.29) is 18.0 Å². The lowest BCUT2D eigenvalue weighted by Gasteiger charge is -2.34. The molecule has 2 heteroatoms. The lowest BCUT2D eigenvalue weighted by Crippen LogP contribution is -2.40. The van der Waals surface area contributed by atoms with Gasteiger partial charge in [0.25, 0.3) is 0 Å². The quantitative estimate of drug-likeness (QED) is 0.435. The van der Waals surface area contributed by atoms with Crippen molar-refractivity contribution in [2.75, 3.05) is 0 Å². The van der Waals surface area contributed by atoms with E-state index in [0.717, 1.165) is 12.8 Å². The van der Waals surface area contributed by atoms with Crippen molar-refractivity contribution in [1.29, 1.82) is 0 Å². The summed E-state index contributed by atoms with van der Waals surface area (Å²) in [5.74, 6) is 1.46. The van der Waals surface area contributed by atoms with E-state index in [2.05, 4.69) is 6.58 Å². The summed E-state index contributed by atoms with van der Waals surface area (Å²) in [5.41, 5.74) is 1.22. The molecule has 4 atom stereocenters. The summed E-state index contributed by atoms with van der Waals surface area (Å²) in [6.07, 6.45) is 5.74. The SMILES string of the molecule is C=C1C[C@@H]2C(=O)O[C@H](C1)[C@H]1CCC[C@H]12. The van der Waals surface area contributed by atoms with Crippen molar-refractivity contribution in [3.63, 3.8) is 0 Å². The Morgan fingerprint density at radius 1 is 1.21 bits per heavy atom. The molecule has 0 aromatic rings. The third-order valence-corrected chi connectivity index (χ3v) is 4.19. The molecule has 4 rings (SSSR count). The first-order valence-corrected chi connectivity index (χ1v) is 5.63. The Bertz CT molecular complexity index is 293. The van der Waals surface area contributed by atoms with Gasteiger partial charge in [-0.05, 0) is 31.1 Å². The first kappa shape index (κ1) is 8.51. The lowest BCUT2D eigenvalue weighted by atomic mass is 9.80. The minimum absolute atomic E-state index is 0.0526. The van der Waals surface area contributed by atoms with Crippen LogP contribution < -0.4 is 0 Å². The average molecular weight is 192 g/mol. The van der Waals surface area contributed by atoms with Gasteiger partial charge in [-0.15, -0.1) is 0 Å². The van der Waals surface area contributed by atoms with Crippen molar-refractivity contribution in [3.05, 3.63) is 12.2 Å². The van der Waals surface area contributed by atoms with Gasteiger partial charge in [0.1, 0.15) is 6.10 Å². The van der Waals surface area contributed by atoms with E-state index in [9.17, 15) is 4.79 Å². The number of hydrogen-bond donors (Lipinski definition) is 0. The first-order chi connectivity index (χ1) is 6.75. The Hall–Kier alpha value is -0.790. The highest BCUT2D eigenvalue weighted by atomic mass is 16.5. The summed E-state index contributed by atoms with van der Waals surface area (Å²) in [7, 11) is 0. The average Bonchev–Trinajstić information content (AvgIpc) is 2.52. The molecule has 76 valence electrons. The van der Waals surface area contributed by atoms with Crippen LogP contribution in [0.2, 0.25) is 0 Å². The Labute approximate surface area is 84.3 Å². The largest absolute Gasteiger partial charge is 0.461 e. The molecule has 14 heavy (non-hydrogen) atoms. The monoisotopic (exact) mass is 192 g/mol. The van der Waals surface area contributed by atoms with Crippen molar-refractivity contribution in [2.24, 2.45) is 17.8 Å². The van der Waals surface area contributed by atoms with Gasteiger partial charge in [-0.1, -0.05) is 18.6 Å². The smallest absolute Gasteiger partial charge is 0.309 e. The zero-order valence-corrected chi connectivity index (χ0v) is 8.37. The zero-order chi connectivity index (χ0) is 9.71. The molecule has 2 nitrogen and oxygen atoms in total. The summed E-state index contributed by atoms with van der Waals surface area (Å²) in [4.78, 5) is 11.7. The van der Waals surface area contributed by atoms with Gasteiger partial charge in [0.05, 0.1) is 5.92 Å². The molecular weight excluding hydrogens is 176 g/mol. The molecule has 4 aliphatic rings. The fraction of sp³-hybridized carbons (Fsp3) is 0.750. The molecule has 0 unspecified atom stereocenters. The van der Waals surface area contributed by atoms with Crippen LogP contribution in [0.5, 0.6) is 0 Å². The van der Waals surface area contributed by atoms with Gasteiger partial charge in [0, 0.05) is 6.42 Å². The Morgan fingerprint density at radius 3 is 2.86 bits per heavy atom. The molecule has 0 aromatic heterocycles. The van der Waals surface area contributed by atoms with Gasteiger partial charge >= 0.3 is 5.97 Å². The second-order valence-corrected chi connectivity index (χ2v) is 5.00. The fourth-order valence-corrected chi connectivity index (χ4v) is 3.58. The number of carbonyl (C=O) groups is 1. The number of ether oxygens (including phenoxy) is 1. The highest BCUT2D eigenvalue weighted by Crippen LogP contribution is 2.49. The second-order valence-electron chi connectivity index (χ2n) is 5.00. The molecule has 2 aliphatic carbocycles. The molecule has 2 saturated carbocycles. The van der Waals surface area contributed by atoms with E-state index in [1.165, 1.54) is 24.8 Å². The van der Waals surface area contributed by atoms with Gasteiger partial charge in [0.2, 0.25) is 0 Å². The van der Waals surface area contributed by atoms with E-state index in [0.29, 0.717) is 11.8 Å². The van der Waals surface area contributed by atoms with Crippen LogP contribution in [-0.2, 0) is 9.53 Å². The molecule has 0 spiro atoms. The molecule has 2 heterocycles. The van der Waals surface area contributed by atoms with Crippen LogP contribution in [0.1, 0.15) is 32.1 Å². The number of carbonyl (C=O) groups excluding carboxylic acids is 1. The third-order valence-electron chi connectivity index (χ3n) is 4.19. The zero-order valence-electron chi connectivity index (χ0n) is 8.37. The standard InChI is InChI=1S/C12H16O2/c1-7-5-10-8-3-2-4-9(8)11(6-7)14-12(10)13/h8-11H,1-6H2/t8-,9+,10+,11-/m1/s1. The van der Waals surface area contributed by atoms with Crippen LogP contribution in [0, 0.1) is 17.8 Å². The van der Waals surface area contributed by atoms with E-state index in [1.807, 2.05) is 0 Å². The van der Waals surface area contributed by atoms with Crippen LogP contribution >= 0.6 is 0 Å². The van der Waals surface area contributed by atoms with Crippen molar-refractivity contribution in [1.82, 2.24) is 0 Å². The summed E-state index contributed by atoms with van der Waals surface area (Å²) >= 11 is 0. The fourth-order valence-electron chi connectivity index (χ4n) is 3.58. The van der Waals surface area contributed by atoms with Crippen LogP contribution in [0.3, 0.4) is 0 Å². The maximum Gasteiger partial charge on any atom is 0.309 e. The van der Waals surface area contributed by atoms with Gasteiger partial charge in [-0.3, -0.25) is 4.79 Å². The van der Waals surface area contributed by atoms with Crippen molar-refractivity contribution in [2.45, 2.75) is 38.2 Å². The van der Waals surface area contributed by atoms with E-state index in [1.54, 1.807) is 0 Å². The molecule has 4 fully saturated rings. The molecule has 0 N–H and O–H groups in total. The molecule has 2 aliphatic heterocycles. The predicted octanol–water partition coefficient (Wildman–Crippen LogP) is 2.29.